The molecule has 0 bridgehead atoms. The molecule has 0 spiro atoms. The molecule has 2 heterocycles. The maximum absolute atomic E-state index is 6.41. The number of aryl methyl sites for hydroxylation is 1. The first-order chi connectivity index (χ1) is 15.4. The summed E-state index contributed by atoms with van der Waals surface area (Å²) >= 11 is 18.9. The van der Waals surface area contributed by atoms with Gasteiger partial charge in [-0.25, -0.2) is 4.68 Å². The quantitative estimate of drug-likeness (QED) is 0.403. The number of ether oxygens (including phenoxy) is 1. The number of benzene rings is 2. The van der Waals surface area contributed by atoms with Gasteiger partial charge in [0.25, 0.3) is 0 Å². The van der Waals surface area contributed by atoms with Crippen LogP contribution in [-0.4, -0.2) is 29.0 Å². The van der Waals surface area contributed by atoms with Crippen LogP contribution >= 0.6 is 34.8 Å². The molecule has 1 N–H and O–H groups in total. The van der Waals surface area contributed by atoms with Gasteiger partial charge in [0.15, 0.2) is 0 Å². The van der Waals surface area contributed by atoms with Crippen molar-refractivity contribution in [3.05, 3.63) is 80.0 Å². The highest BCUT2D eigenvalue weighted by Crippen LogP contribution is 2.37. The van der Waals surface area contributed by atoms with E-state index in [9.17, 15) is 0 Å². The number of fused-ring (bicyclic) bond motifs is 1. The van der Waals surface area contributed by atoms with Crippen LogP contribution in [0.1, 0.15) is 48.6 Å². The lowest BCUT2D eigenvalue weighted by Gasteiger charge is -2.43. The van der Waals surface area contributed by atoms with Gasteiger partial charge in [0.1, 0.15) is 5.69 Å². The number of halogens is 3. The van der Waals surface area contributed by atoms with Crippen molar-refractivity contribution in [3.8, 4) is 5.69 Å². The van der Waals surface area contributed by atoms with E-state index in [-0.39, 0.29) is 11.6 Å². The summed E-state index contributed by atoms with van der Waals surface area (Å²) in [5, 5.41) is 9.90. The molecule has 170 valence electrons. The molecule has 0 saturated carbocycles. The van der Waals surface area contributed by atoms with Crippen LogP contribution in [0.4, 0.5) is 0 Å². The van der Waals surface area contributed by atoms with Gasteiger partial charge >= 0.3 is 0 Å². The third kappa shape index (κ3) is 4.57. The second kappa shape index (κ2) is 9.74. The van der Waals surface area contributed by atoms with Crippen LogP contribution in [0.3, 0.4) is 0 Å². The van der Waals surface area contributed by atoms with Crippen LogP contribution in [0.2, 0.25) is 15.1 Å². The summed E-state index contributed by atoms with van der Waals surface area (Å²) in [7, 11) is 1.78. The predicted molar refractivity (Wildman–Crippen MR) is 133 cm³/mol. The zero-order valence-corrected chi connectivity index (χ0v) is 20.9. The summed E-state index contributed by atoms with van der Waals surface area (Å²) < 4.78 is 7.37. The summed E-state index contributed by atoms with van der Waals surface area (Å²) in [6.45, 7) is 5.12. The monoisotopic (exact) mass is 491 g/mol. The summed E-state index contributed by atoms with van der Waals surface area (Å²) in [6, 6.07) is 10.2. The number of hydrogen-bond donors (Lipinski definition) is 1. The van der Waals surface area contributed by atoms with Gasteiger partial charge in [-0.1, -0.05) is 66.8 Å². The fraction of sp³-hybridized carbons (Fsp3) is 0.400. The van der Waals surface area contributed by atoms with Gasteiger partial charge in [-0.3, -0.25) is 0 Å². The average Bonchev–Trinajstić information content (AvgIpc) is 3.20. The van der Waals surface area contributed by atoms with E-state index in [1.165, 1.54) is 16.7 Å². The van der Waals surface area contributed by atoms with Gasteiger partial charge in [-0.2, -0.15) is 5.10 Å². The first-order valence-electron chi connectivity index (χ1n) is 11.0. The highest BCUT2D eigenvalue weighted by molar-refractivity contribution is 6.40. The van der Waals surface area contributed by atoms with E-state index in [2.05, 4.69) is 42.5 Å². The van der Waals surface area contributed by atoms with Crippen molar-refractivity contribution in [1.82, 2.24) is 15.1 Å². The molecule has 3 aromatic rings. The summed E-state index contributed by atoms with van der Waals surface area (Å²) in [5.74, 6) is 0. The lowest BCUT2D eigenvalue weighted by Crippen LogP contribution is -2.55. The molecular formula is C25H28Cl3N3O. The smallest absolute Gasteiger partial charge is 0.102 e. The van der Waals surface area contributed by atoms with Gasteiger partial charge < -0.3 is 10.1 Å². The zero-order valence-electron chi connectivity index (χ0n) is 18.6. The third-order valence-electron chi connectivity index (χ3n) is 6.45. The lowest BCUT2D eigenvalue weighted by molar-refractivity contribution is 0.0897. The van der Waals surface area contributed by atoms with E-state index in [0.717, 1.165) is 31.2 Å². The lowest BCUT2D eigenvalue weighted by atomic mass is 9.77. The van der Waals surface area contributed by atoms with Crippen LogP contribution in [0.15, 0.2) is 42.7 Å². The molecule has 2 unspecified atom stereocenters. The molecule has 0 fully saturated rings. The second-order valence-corrected chi connectivity index (χ2v) is 9.75. The fourth-order valence-electron chi connectivity index (χ4n) is 4.80. The fourth-order valence-corrected chi connectivity index (χ4v) is 5.79. The molecule has 0 amide bonds. The minimum Gasteiger partial charge on any atom is -0.383 e. The first-order valence-corrected chi connectivity index (χ1v) is 12.1. The normalized spacial score (nSPS) is 20.4. The highest BCUT2D eigenvalue weighted by Gasteiger charge is 2.38. The van der Waals surface area contributed by atoms with Gasteiger partial charge in [-0.15, -0.1) is 0 Å². The van der Waals surface area contributed by atoms with Crippen molar-refractivity contribution in [2.45, 2.75) is 51.1 Å². The molecule has 0 saturated heterocycles. The molecule has 0 radical (unpaired) electrons. The zero-order chi connectivity index (χ0) is 22.9. The Balaban J connectivity index is 1.69. The predicted octanol–water partition coefficient (Wildman–Crippen LogP) is 6.62. The van der Waals surface area contributed by atoms with Crippen LogP contribution in [0.25, 0.3) is 5.69 Å². The molecule has 7 heteroatoms. The Labute approximate surface area is 204 Å². The van der Waals surface area contributed by atoms with E-state index in [1.54, 1.807) is 23.9 Å². The van der Waals surface area contributed by atoms with Gasteiger partial charge in [-0.05, 0) is 60.1 Å². The Morgan fingerprint density at radius 3 is 2.59 bits per heavy atom. The van der Waals surface area contributed by atoms with Crippen molar-refractivity contribution in [1.29, 1.82) is 0 Å². The van der Waals surface area contributed by atoms with Gasteiger partial charge in [0, 0.05) is 29.9 Å². The van der Waals surface area contributed by atoms with Crippen molar-refractivity contribution >= 4 is 34.8 Å². The Morgan fingerprint density at radius 2 is 1.94 bits per heavy atom. The molecule has 1 aliphatic rings. The minimum atomic E-state index is -0.0868. The molecule has 4 rings (SSSR count). The molecular weight excluding hydrogens is 465 g/mol. The van der Waals surface area contributed by atoms with Crippen molar-refractivity contribution in [3.63, 3.8) is 0 Å². The Morgan fingerprint density at radius 1 is 1.19 bits per heavy atom. The molecule has 1 aromatic heterocycles. The molecule has 0 aliphatic carbocycles. The second-order valence-electron chi connectivity index (χ2n) is 8.49. The topological polar surface area (TPSA) is 39.1 Å². The molecule has 32 heavy (non-hydrogen) atoms. The first kappa shape index (κ1) is 23.6. The Bertz CT molecular complexity index is 1090. The molecule has 2 atom stereocenters. The number of nitrogens with one attached hydrogen (secondary N) is 1. The molecule has 2 aromatic carbocycles. The van der Waals surface area contributed by atoms with Crippen LogP contribution < -0.4 is 5.32 Å². The van der Waals surface area contributed by atoms with Gasteiger partial charge in [0.2, 0.25) is 0 Å². The van der Waals surface area contributed by atoms with Crippen LogP contribution in [0, 0.1) is 0 Å². The summed E-state index contributed by atoms with van der Waals surface area (Å²) in [6.07, 6.45) is 7.66. The summed E-state index contributed by atoms with van der Waals surface area (Å²) in [5.41, 5.74) is 5.88. The third-order valence-corrected chi connectivity index (χ3v) is 7.24. The van der Waals surface area contributed by atoms with E-state index in [1.807, 2.05) is 12.4 Å². The maximum atomic E-state index is 6.41. The van der Waals surface area contributed by atoms with Gasteiger partial charge in [0.05, 0.1) is 22.8 Å². The highest BCUT2D eigenvalue weighted by atomic mass is 35.5. The average molecular weight is 493 g/mol. The van der Waals surface area contributed by atoms with E-state index < -0.39 is 0 Å². The minimum absolute atomic E-state index is 0.0868. The SMILES string of the molecule is CCc1cccc2c1CC(CC)(COC)NC2Cc1cnn(-c2c(Cl)cc(Cl)cc2Cl)c1. The Hall–Kier alpha value is -1.56. The van der Waals surface area contributed by atoms with Crippen LogP contribution in [-0.2, 0) is 24.0 Å². The Kier molecular flexibility index (Phi) is 7.18. The number of aromatic nitrogens is 2. The largest absolute Gasteiger partial charge is 0.383 e. The van der Waals surface area contributed by atoms with Crippen molar-refractivity contribution < 1.29 is 4.74 Å². The van der Waals surface area contributed by atoms with Crippen molar-refractivity contribution in [2.75, 3.05) is 13.7 Å². The van der Waals surface area contributed by atoms with E-state index >= 15 is 0 Å². The maximum Gasteiger partial charge on any atom is 0.102 e. The number of rotatable bonds is 7. The number of nitrogens with zero attached hydrogens (tertiary/aromatic N) is 2. The summed E-state index contributed by atoms with van der Waals surface area (Å²) in [4.78, 5) is 0. The van der Waals surface area contributed by atoms with Crippen molar-refractivity contribution in [2.24, 2.45) is 0 Å². The number of hydrogen-bond acceptors (Lipinski definition) is 3. The van der Waals surface area contributed by atoms with E-state index in [4.69, 9.17) is 39.5 Å². The van der Waals surface area contributed by atoms with E-state index in [0.29, 0.717) is 27.4 Å². The van der Waals surface area contributed by atoms with Crippen LogP contribution in [0.5, 0.6) is 0 Å². The number of methoxy groups -OCH3 is 1. The molecule has 1 aliphatic heterocycles. The molecule has 4 nitrogen and oxygen atoms in total. The standard InChI is InChI=1S/C25H28Cl3N3O/c1-4-17-7-6-8-19-20(17)12-25(5-2,15-32-3)30-23(19)9-16-13-29-31(14-16)24-21(27)10-18(26)11-22(24)28/h6-8,10-11,13-14,23,30H,4-5,9,12,15H2,1-3H3.